The van der Waals surface area contributed by atoms with Gasteiger partial charge in [0, 0.05) is 32.1 Å². The maximum absolute atomic E-state index is 5.07. The van der Waals surface area contributed by atoms with Gasteiger partial charge in [-0.1, -0.05) is 26.0 Å². The molecule has 0 amide bonds. The van der Waals surface area contributed by atoms with E-state index < -0.39 is 0 Å². The molecule has 0 aliphatic carbocycles. The van der Waals surface area contributed by atoms with Crippen molar-refractivity contribution in [2.45, 2.75) is 39.5 Å². The maximum Gasteiger partial charge on any atom is 0.110 e. The number of hydrogen-bond acceptors (Lipinski definition) is 2. The fourth-order valence-corrected chi connectivity index (χ4v) is 3.49. The van der Waals surface area contributed by atoms with E-state index >= 15 is 0 Å². The van der Waals surface area contributed by atoms with Crippen molar-refractivity contribution < 1.29 is 0 Å². The molecule has 21 heavy (non-hydrogen) atoms. The van der Waals surface area contributed by atoms with Crippen molar-refractivity contribution in [2.75, 3.05) is 31.6 Å². The van der Waals surface area contributed by atoms with Crippen molar-refractivity contribution in [3.05, 3.63) is 24.3 Å². The molecular formula is C18H27N3. The third kappa shape index (κ3) is 2.92. The van der Waals surface area contributed by atoms with Crippen LogP contribution in [-0.2, 0) is 0 Å². The molecule has 0 atom stereocenters. The number of piperidine rings is 1. The summed E-state index contributed by atoms with van der Waals surface area (Å²) in [6, 6.07) is 8.64. The van der Waals surface area contributed by atoms with Crippen LogP contribution in [-0.4, -0.2) is 37.4 Å². The van der Waals surface area contributed by atoms with E-state index in [1.54, 1.807) is 0 Å². The van der Waals surface area contributed by atoms with Gasteiger partial charge in [0.05, 0.1) is 11.4 Å². The van der Waals surface area contributed by atoms with Gasteiger partial charge in [0.25, 0.3) is 0 Å². The lowest BCUT2D eigenvalue weighted by Gasteiger charge is -2.30. The molecule has 114 valence electrons. The van der Waals surface area contributed by atoms with Crippen molar-refractivity contribution in [3.8, 4) is 0 Å². The molecule has 3 rings (SSSR count). The van der Waals surface area contributed by atoms with Gasteiger partial charge >= 0.3 is 0 Å². The minimum Gasteiger partial charge on any atom is -0.370 e. The Labute approximate surface area is 128 Å². The molecule has 2 aliphatic heterocycles. The van der Waals surface area contributed by atoms with E-state index in [-0.39, 0.29) is 5.41 Å². The van der Waals surface area contributed by atoms with Crippen LogP contribution in [0.25, 0.3) is 0 Å². The number of amidine groups is 1. The van der Waals surface area contributed by atoms with Crippen LogP contribution < -0.4 is 4.90 Å². The van der Waals surface area contributed by atoms with Gasteiger partial charge in [0.2, 0.25) is 0 Å². The minimum atomic E-state index is 0.184. The molecule has 1 aromatic carbocycles. The lowest BCUT2D eigenvalue weighted by Crippen LogP contribution is -2.30. The first-order valence-corrected chi connectivity index (χ1v) is 8.22. The van der Waals surface area contributed by atoms with Crippen molar-refractivity contribution >= 4 is 17.2 Å². The molecule has 2 heterocycles. The van der Waals surface area contributed by atoms with Crippen LogP contribution in [0.4, 0.5) is 11.4 Å². The summed E-state index contributed by atoms with van der Waals surface area (Å²) in [7, 11) is 2.16. The summed E-state index contributed by atoms with van der Waals surface area (Å²) >= 11 is 0. The normalized spacial score (nSPS) is 23.9. The van der Waals surface area contributed by atoms with Crippen molar-refractivity contribution in [1.29, 1.82) is 0 Å². The van der Waals surface area contributed by atoms with Gasteiger partial charge in [-0.05, 0) is 37.8 Å². The Balaban J connectivity index is 1.95. The van der Waals surface area contributed by atoms with Crippen LogP contribution in [0.3, 0.4) is 0 Å². The molecule has 0 saturated carbocycles. The lowest BCUT2D eigenvalue weighted by atomic mass is 9.91. The standard InChI is InChI=1S/C18H27N3/c1-18(2)11-14-20(3)17(18)19-15-9-5-6-10-16(15)21-12-7-4-8-13-21/h5-6,9-10H,4,7-8,11-14H2,1-3H3/b19-17+. The Morgan fingerprint density at radius 3 is 2.38 bits per heavy atom. The Hall–Kier alpha value is -1.51. The van der Waals surface area contributed by atoms with Crippen LogP contribution in [0.15, 0.2) is 29.3 Å². The highest BCUT2D eigenvalue weighted by atomic mass is 15.2. The second-order valence-corrected chi connectivity index (χ2v) is 7.03. The lowest BCUT2D eigenvalue weighted by molar-refractivity contribution is 0.511. The quantitative estimate of drug-likeness (QED) is 0.815. The van der Waals surface area contributed by atoms with E-state index in [1.807, 2.05) is 0 Å². The van der Waals surface area contributed by atoms with Crippen LogP contribution in [0.2, 0.25) is 0 Å². The largest absolute Gasteiger partial charge is 0.370 e. The Morgan fingerprint density at radius 1 is 1.00 bits per heavy atom. The van der Waals surface area contributed by atoms with Gasteiger partial charge in [-0.2, -0.15) is 0 Å². The topological polar surface area (TPSA) is 18.8 Å². The zero-order valence-corrected chi connectivity index (χ0v) is 13.6. The van der Waals surface area contributed by atoms with Gasteiger partial charge < -0.3 is 9.80 Å². The SMILES string of the molecule is CN1CCC(C)(C)/C1=N\c1ccccc1N1CCCCC1. The number of likely N-dealkylation sites (tertiary alicyclic amines) is 1. The predicted molar refractivity (Wildman–Crippen MR) is 90.6 cm³/mol. The molecule has 3 nitrogen and oxygen atoms in total. The Morgan fingerprint density at radius 2 is 1.71 bits per heavy atom. The summed E-state index contributed by atoms with van der Waals surface area (Å²) in [6.45, 7) is 8.05. The van der Waals surface area contributed by atoms with E-state index in [2.05, 4.69) is 55.0 Å². The Bertz CT molecular complexity index is 527. The molecule has 0 N–H and O–H groups in total. The smallest absolute Gasteiger partial charge is 0.110 e. The van der Waals surface area contributed by atoms with E-state index in [0.717, 1.165) is 12.2 Å². The minimum absolute atomic E-state index is 0.184. The monoisotopic (exact) mass is 285 g/mol. The molecule has 2 fully saturated rings. The highest BCUT2D eigenvalue weighted by Crippen LogP contribution is 2.36. The van der Waals surface area contributed by atoms with Crippen LogP contribution >= 0.6 is 0 Å². The molecule has 0 unspecified atom stereocenters. The zero-order valence-electron chi connectivity index (χ0n) is 13.6. The zero-order chi connectivity index (χ0) is 14.9. The number of hydrogen-bond donors (Lipinski definition) is 0. The molecule has 0 bridgehead atoms. The average Bonchev–Trinajstić information content (AvgIpc) is 2.76. The number of para-hydroxylation sites is 2. The predicted octanol–water partition coefficient (Wildman–Crippen LogP) is 4.07. The van der Waals surface area contributed by atoms with Crippen LogP contribution in [0.1, 0.15) is 39.5 Å². The number of aliphatic imine (C=N–C) groups is 1. The van der Waals surface area contributed by atoms with E-state index in [1.165, 1.54) is 50.3 Å². The van der Waals surface area contributed by atoms with E-state index in [9.17, 15) is 0 Å². The van der Waals surface area contributed by atoms with Gasteiger partial charge in [-0.25, -0.2) is 4.99 Å². The van der Waals surface area contributed by atoms with Gasteiger partial charge in [0.1, 0.15) is 5.84 Å². The molecule has 0 radical (unpaired) electrons. The number of anilines is 1. The third-order valence-electron chi connectivity index (χ3n) is 4.84. The second kappa shape index (κ2) is 5.70. The second-order valence-electron chi connectivity index (χ2n) is 7.03. The summed E-state index contributed by atoms with van der Waals surface area (Å²) in [5.74, 6) is 1.23. The highest BCUT2D eigenvalue weighted by molar-refractivity contribution is 5.92. The first kappa shape index (κ1) is 14.4. The van der Waals surface area contributed by atoms with Gasteiger partial charge in [-0.3, -0.25) is 0 Å². The third-order valence-corrected chi connectivity index (χ3v) is 4.84. The van der Waals surface area contributed by atoms with Crippen LogP contribution in [0.5, 0.6) is 0 Å². The molecule has 3 heteroatoms. The first-order valence-electron chi connectivity index (χ1n) is 8.22. The summed E-state index contributed by atoms with van der Waals surface area (Å²) in [6.07, 6.45) is 5.16. The molecule has 2 aliphatic rings. The fraction of sp³-hybridized carbons (Fsp3) is 0.611. The van der Waals surface area contributed by atoms with Crippen molar-refractivity contribution in [3.63, 3.8) is 0 Å². The van der Waals surface area contributed by atoms with Gasteiger partial charge in [-0.15, -0.1) is 0 Å². The first-order chi connectivity index (χ1) is 10.1. The molecular weight excluding hydrogens is 258 g/mol. The summed E-state index contributed by atoms with van der Waals surface area (Å²) < 4.78 is 0. The maximum atomic E-state index is 5.07. The Kier molecular flexibility index (Phi) is 3.92. The number of benzene rings is 1. The molecule has 2 saturated heterocycles. The van der Waals surface area contributed by atoms with Crippen LogP contribution in [0, 0.1) is 5.41 Å². The van der Waals surface area contributed by atoms with Gasteiger partial charge in [0.15, 0.2) is 0 Å². The molecule has 0 spiro atoms. The van der Waals surface area contributed by atoms with Crippen molar-refractivity contribution in [1.82, 2.24) is 4.90 Å². The summed E-state index contributed by atoms with van der Waals surface area (Å²) in [5, 5.41) is 0. The van der Waals surface area contributed by atoms with E-state index in [4.69, 9.17) is 4.99 Å². The fourth-order valence-electron chi connectivity index (χ4n) is 3.49. The number of rotatable bonds is 2. The molecule has 0 aromatic heterocycles. The summed E-state index contributed by atoms with van der Waals surface area (Å²) in [4.78, 5) is 9.89. The van der Waals surface area contributed by atoms with Crippen molar-refractivity contribution in [2.24, 2.45) is 10.4 Å². The molecule has 1 aromatic rings. The number of nitrogens with zero attached hydrogens (tertiary/aromatic N) is 3. The summed E-state index contributed by atoms with van der Waals surface area (Å²) in [5.41, 5.74) is 2.63. The average molecular weight is 285 g/mol. The van der Waals surface area contributed by atoms with E-state index in [0.29, 0.717) is 0 Å². The highest BCUT2D eigenvalue weighted by Gasteiger charge is 2.34.